The van der Waals surface area contributed by atoms with E-state index in [1.807, 2.05) is 0 Å². The SMILES string of the molecule is COc1ccc(C2CC(=O)N(c3cccc(C(F)(F)F)c3)C3=C2C(=O)OC3)c(OC)c1OC. The number of amides is 1. The quantitative estimate of drug-likeness (QED) is 0.623. The van der Waals surface area contributed by atoms with Crippen molar-refractivity contribution in [2.75, 3.05) is 32.8 Å². The Balaban J connectivity index is 1.86. The summed E-state index contributed by atoms with van der Waals surface area (Å²) in [4.78, 5) is 27.0. The van der Waals surface area contributed by atoms with Crippen molar-refractivity contribution in [2.24, 2.45) is 0 Å². The normalized spacial score (nSPS) is 18.2. The van der Waals surface area contributed by atoms with E-state index in [0.29, 0.717) is 17.1 Å². The van der Waals surface area contributed by atoms with Crippen molar-refractivity contribution in [3.05, 3.63) is 58.8 Å². The second-order valence-corrected chi connectivity index (χ2v) is 7.39. The first-order valence-electron chi connectivity index (χ1n) is 9.90. The lowest BCUT2D eigenvalue weighted by atomic mass is 9.83. The van der Waals surface area contributed by atoms with Crippen LogP contribution in [0.25, 0.3) is 0 Å². The van der Waals surface area contributed by atoms with Crippen molar-refractivity contribution in [3.63, 3.8) is 0 Å². The zero-order valence-corrected chi connectivity index (χ0v) is 18.0. The standard InChI is InChI=1S/C23H20F3NO6/c1-30-17-8-7-14(20(31-2)21(17)32-3)15-10-18(28)27(16-11-33-22(29)19(15)16)13-6-4-5-12(9-13)23(24,25)26/h4-9,15H,10-11H2,1-3H3. The van der Waals surface area contributed by atoms with Crippen molar-refractivity contribution < 1.29 is 41.7 Å². The first-order chi connectivity index (χ1) is 15.7. The number of methoxy groups -OCH3 is 3. The molecule has 0 N–H and O–H groups in total. The van der Waals surface area contributed by atoms with E-state index in [4.69, 9.17) is 18.9 Å². The van der Waals surface area contributed by atoms with Crippen LogP contribution in [0.15, 0.2) is 47.7 Å². The minimum Gasteiger partial charge on any atom is -0.493 e. The number of alkyl halides is 3. The molecular weight excluding hydrogens is 443 g/mol. The van der Waals surface area contributed by atoms with Gasteiger partial charge in [-0.05, 0) is 24.3 Å². The van der Waals surface area contributed by atoms with E-state index in [1.165, 1.54) is 33.5 Å². The fourth-order valence-corrected chi connectivity index (χ4v) is 4.24. The molecule has 4 rings (SSSR count). The van der Waals surface area contributed by atoms with Gasteiger partial charge in [-0.3, -0.25) is 9.69 Å². The third-order valence-corrected chi connectivity index (χ3v) is 5.66. The van der Waals surface area contributed by atoms with Gasteiger partial charge in [0.25, 0.3) is 0 Å². The smallest absolute Gasteiger partial charge is 0.416 e. The van der Waals surface area contributed by atoms with Gasteiger partial charge in [0, 0.05) is 23.6 Å². The number of esters is 1. The maximum Gasteiger partial charge on any atom is 0.416 e. The number of hydrogen-bond donors (Lipinski definition) is 0. The molecule has 1 atom stereocenters. The molecule has 2 aliphatic heterocycles. The molecule has 1 amide bonds. The molecule has 2 aromatic rings. The Morgan fingerprint density at radius 3 is 2.36 bits per heavy atom. The lowest BCUT2D eigenvalue weighted by Crippen LogP contribution is -2.37. The number of carbonyl (C=O) groups excluding carboxylic acids is 2. The number of anilines is 1. The molecule has 2 aliphatic rings. The molecule has 0 radical (unpaired) electrons. The molecule has 0 aromatic heterocycles. The highest BCUT2D eigenvalue weighted by Gasteiger charge is 2.44. The lowest BCUT2D eigenvalue weighted by molar-refractivity contribution is -0.138. The Morgan fingerprint density at radius 2 is 1.73 bits per heavy atom. The fraction of sp³-hybridized carbons (Fsp3) is 0.304. The number of benzene rings is 2. The maximum atomic E-state index is 13.2. The highest BCUT2D eigenvalue weighted by Crippen LogP contribution is 2.49. The van der Waals surface area contributed by atoms with Gasteiger partial charge in [-0.1, -0.05) is 12.1 Å². The molecule has 33 heavy (non-hydrogen) atoms. The Hall–Kier alpha value is -3.69. The Labute approximate surface area is 187 Å². The minimum atomic E-state index is -4.58. The van der Waals surface area contributed by atoms with Gasteiger partial charge in [0.05, 0.1) is 38.2 Å². The summed E-state index contributed by atoms with van der Waals surface area (Å²) in [5.41, 5.74) is 0.00992. The van der Waals surface area contributed by atoms with Crippen LogP contribution in [0.5, 0.6) is 17.2 Å². The van der Waals surface area contributed by atoms with Gasteiger partial charge in [-0.2, -0.15) is 13.2 Å². The van der Waals surface area contributed by atoms with Crippen molar-refractivity contribution in [2.45, 2.75) is 18.5 Å². The van der Waals surface area contributed by atoms with Gasteiger partial charge in [0.15, 0.2) is 11.5 Å². The summed E-state index contributed by atoms with van der Waals surface area (Å²) in [5, 5.41) is 0. The van der Waals surface area contributed by atoms with Crippen LogP contribution in [0.3, 0.4) is 0 Å². The molecule has 0 saturated carbocycles. The molecular formula is C23H20F3NO6. The first kappa shape index (κ1) is 22.5. The summed E-state index contributed by atoms with van der Waals surface area (Å²) in [7, 11) is 4.31. The number of rotatable bonds is 5. The predicted octanol–water partition coefficient (Wildman–Crippen LogP) is 4.06. The van der Waals surface area contributed by atoms with Gasteiger partial charge in [-0.25, -0.2) is 4.79 Å². The molecule has 2 aromatic carbocycles. The number of hydrogen-bond acceptors (Lipinski definition) is 6. The lowest BCUT2D eigenvalue weighted by Gasteiger charge is -2.32. The van der Waals surface area contributed by atoms with E-state index in [2.05, 4.69) is 0 Å². The summed E-state index contributed by atoms with van der Waals surface area (Å²) >= 11 is 0. The van der Waals surface area contributed by atoms with Crippen LogP contribution in [-0.4, -0.2) is 39.8 Å². The Morgan fingerprint density at radius 1 is 1.00 bits per heavy atom. The summed E-state index contributed by atoms with van der Waals surface area (Å²) in [6.07, 6.45) is -4.76. The van der Waals surface area contributed by atoms with E-state index in [0.717, 1.165) is 17.0 Å². The number of carbonyl (C=O) groups is 2. The average Bonchev–Trinajstić information content (AvgIpc) is 3.18. The summed E-state index contributed by atoms with van der Waals surface area (Å²) < 4.78 is 61.1. The third kappa shape index (κ3) is 3.75. The second-order valence-electron chi connectivity index (χ2n) is 7.39. The number of ether oxygens (including phenoxy) is 4. The van der Waals surface area contributed by atoms with E-state index in [-0.39, 0.29) is 35.7 Å². The van der Waals surface area contributed by atoms with Crippen molar-refractivity contribution >= 4 is 17.6 Å². The van der Waals surface area contributed by atoms with Gasteiger partial charge < -0.3 is 18.9 Å². The first-order valence-corrected chi connectivity index (χ1v) is 9.90. The molecule has 0 saturated heterocycles. The van der Waals surface area contributed by atoms with Gasteiger partial charge in [-0.15, -0.1) is 0 Å². The number of cyclic esters (lactones) is 1. The molecule has 174 valence electrons. The van der Waals surface area contributed by atoms with Gasteiger partial charge >= 0.3 is 12.1 Å². The van der Waals surface area contributed by atoms with E-state index in [1.54, 1.807) is 12.1 Å². The molecule has 1 unspecified atom stereocenters. The number of nitrogens with zero attached hydrogens (tertiary/aromatic N) is 1. The second kappa shape index (κ2) is 8.34. The highest BCUT2D eigenvalue weighted by molar-refractivity contribution is 6.06. The van der Waals surface area contributed by atoms with Crippen LogP contribution >= 0.6 is 0 Å². The van der Waals surface area contributed by atoms with Crippen molar-refractivity contribution in [1.82, 2.24) is 0 Å². The van der Waals surface area contributed by atoms with Crippen molar-refractivity contribution in [3.8, 4) is 17.2 Å². The van der Waals surface area contributed by atoms with Crippen LogP contribution in [0.4, 0.5) is 18.9 Å². The van der Waals surface area contributed by atoms with Gasteiger partial charge in [0.2, 0.25) is 11.7 Å². The predicted molar refractivity (Wildman–Crippen MR) is 110 cm³/mol. The summed E-state index contributed by atoms with van der Waals surface area (Å²) in [6.45, 7) is -0.234. The third-order valence-electron chi connectivity index (χ3n) is 5.66. The molecule has 2 heterocycles. The average molecular weight is 463 g/mol. The molecule has 0 bridgehead atoms. The topological polar surface area (TPSA) is 74.3 Å². The molecule has 0 aliphatic carbocycles. The van der Waals surface area contributed by atoms with E-state index in [9.17, 15) is 22.8 Å². The van der Waals surface area contributed by atoms with Crippen LogP contribution in [0.1, 0.15) is 23.5 Å². The molecule has 0 spiro atoms. The maximum absolute atomic E-state index is 13.2. The van der Waals surface area contributed by atoms with Crippen molar-refractivity contribution in [1.29, 1.82) is 0 Å². The zero-order valence-electron chi connectivity index (χ0n) is 18.0. The Kier molecular flexibility index (Phi) is 5.69. The van der Waals surface area contributed by atoms with E-state index < -0.39 is 29.5 Å². The summed E-state index contributed by atoms with van der Waals surface area (Å²) in [6, 6.07) is 7.68. The fourth-order valence-electron chi connectivity index (χ4n) is 4.24. The summed E-state index contributed by atoms with van der Waals surface area (Å²) in [5.74, 6) is -0.884. The highest BCUT2D eigenvalue weighted by atomic mass is 19.4. The minimum absolute atomic E-state index is 0.0124. The van der Waals surface area contributed by atoms with Crippen LogP contribution in [0, 0.1) is 0 Å². The van der Waals surface area contributed by atoms with Gasteiger partial charge in [0.1, 0.15) is 6.61 Å². The van der Waals surface area contributed by atoms with Crippen LogP contribution < -0.4 is 19.1 Å². The Bertz CT molecular complexity index is 1160. The van der Waals surface area contributed by atoms with E-state index >= 15 is 0 Å². The monoisotopic (exact) mass is 463 g/mol. The van der Waals surface area contributed by atoms with Crippen LogP contribution in [-0.2, 0) is 20.5 Å². The molecule has 10 heteroatoms. The van der Waals surface area contributed by atoms with Crippen LogP contribution in [0.2, 0.25) is 0 Å². The molecule has 0 fully saturated rings. The zero-order chi connectivity index (χ0) is 23.9. The largest absolute Gasteiger partial charge is 0.493 e. The number of halogens is 3. The molecule has 7 nitrogen and oxygen atoms in total.